The third-order valence-electron chi connectivity index (χ3n) is 14.6. The average molecular weight is 929 g/mol. The number of fused-ring (bicyclic) bond motifs is 6. The van der Waals surface area contributed by atoms with Gasteiger partial charge in [-0.3, -0.25) is 0 Å². The molecule has 0 saturated heterocycles. The van der Waals surface area contributed by atoms with Crippen molar-refractivity contribution in [2.45, 2.75) is 27.7 Å². The summed E-state index contributed by atoms with van der Waals surface area (Å²) in [6, 6.07) is 80.4. The maximum absolute atomic E-state index is 5.92. The average Bonchev–Trinajstić information content (AvgIpc) is 3.94. The Morgan fingerprint density at radius 2 is 0.611 bits per heavy atom. The Balaban J connectivity index is 1.15. The second-order valence-electron chi connectivity index (χ2n) is 18.9. The number of hydrogen-bond donors (Lipinski definition) is 0. The highest BCUT2D eigenvalue weighted by Crippen LogP contribution is 2.57. The van der Waals surface area contributed by atoms with Gasteiger partial charge in [0.2, 0.25) is 0 Å². The summed E-state index contributed by atoms with van der Waals surface area (Å²) in [6.07, 6.45) is 0. The van der Waals surface area contributed by atoms with Gasteiger partial charge in [-0.2, -0.15) is 0 Å². The Bertz CT molecular complexity index is 3770. The number of ether oxygens (including phenoxy) is 2. The molecule has 0 aromatic heterocycles. The Kier molecular flexibility index (Phi) is 10.5. The zero-order valence-electron chi connectivity index (χ0n) is 40.9. The van der Waals surface area contributed by atoms with E-state index in [4.69, 9.17) is 9.47 Å². The zero-order chi connectivity index (χ0) is 48.5. The molecule has 0 radical (unpaired) electrons. The first kappa shape index (κ1) is 43.2. The van der Waals surface area contributed by atoms with Crippen molar-refractivity contribution in [2.24, 2.45) is 0 Å². The van der Waals surface area contributed by atoms with E-state index in [0.717, 1.165) is 45.6 Å². The van der Waals surface area contributed by atoms with E-state index in [2.05, 4.69) is 242 Å². The van der Waals surface area contributed by atoms with Crippen molar-refractivity contribution in [2.75, 3.05) is 23.0 Å². The van der Waals surface area contributed by atoms with Crippen LogP contribution in [0.4, 0.5) is 34.1 Å². The van der Waals surface area contributed by atoms with Gasteiger partial charge in [-0.25, -0.2) is 0 Å². The molecule has 346 valence electrons. The molecule has 0 saturated carbocycles. The Morgan fingerprint density at radius 1 is 0.292 bits per heavy atom. The first-order valence-corrected chi connectivity index (χ1v) is 25.2. The molecule has 13 aromatic rings. The molecular formula is C68H52N2O2. The summed E-state index contributed by atoms with van der Waals surface area (Å²) in [5.74, 6) is 1.72. The van der Waals surface area contributed by atoms with Gasteiger partial charge < -0.3 is 19.3 Å². The van der Waals surface area contributed by atoms with Crippen LogP contribution in [-0.2, 0) is 0 Å². The lowest BCUT2D eigenvalue weighted by molar-refractivity contribution is 0.340. The molecule has 4 heteroatoms. The minimum atomic E-state index is 0.620. The number of hydrogen-bond acceptors (Lipinski definition) is 4. The lowest BCUT2D eigenvalue weighted by Crippen LogP contribution is -2.10. The molecule has 0 aliphatic carbocycles. The van der Waals surface area contributed by atoms with Gasteiger partial charge in [0.1, 0.15) is 11.5 Å². The normalized spacial score (nSPS) is 11.7. The molecule has 0 bridgehead atoms. The summed E-state index contributed by atoms with van der Waals surface area (Å²) in [6.45, 7) is 9.59. The minimum Gasteiger partial charge on any atom is -0.494 e. The van der Waals surface area contributed by atoms with Gasteiger partial charge in [-0.05, 0) is 189 Å². The fourth-order valence-electron chi connectivity index (χ4n) is 11.6. The molecule has 13 rings (SSSR count). The number of nitrogens with zero attached hydrogens (tertiary/aromatic N) is 2. The maximum Gasteiger partial charge on any atom is 0.119 e. The third kappa shape index (κ3) is 6.89. The van der Waals surface area contributed by atoms with Crippen LogP contribution in [0.3, 0.4) is 0 Å². The van der Waals surface area contributed by atoms with Gasteiger partial charge in [-0.1, -0.05) is 145 Å². The fraction of sp³-hybridized carbons (Fsp3) is 0.0882. The molecule has 72 heavy (non-hydrogen) atoms. The highest BCUT2D eigenvalue weighted by atomic mass is 16.5. The molecular weight excluding hydrogens is 877 g/mol. The quantitative estimate of drug-likeness (QED) is 0.122. The Hall–Kier alpha value is -8.86. The summed E-state index contributed by atoms with van der Waals surface area (Å²) in [5.41, 5.74) is 14.0. The van der Waals surface area contributed by atoms with E-state index in [1.165, 1.54) is 98.0 Å². The van der Waals surface area contributed by atoms with Gasteiger partial charge in [0.25, 0.3) is 0 Å². The first-order chi connectivity index (χ1) is 35.5. The van der Waals surface area contributed by atoms with E-state index in [0.29, 0.717) is 13.2 Å². The molecule has 4 nitrogen and oxygen atoms in total. The molecule has 0 fully saturated rings. The predicted octanol–water partition coefficient (Wildman–Crippen LogP) is 19.2. The fourth-order valence-corrected chi connectivity index (χ4v) is 11.6. The van der Waals surface area contributed by atoms with E-state index < -0.39 is 0 Å². The second kappa shape index (κ2) is 17.5. The molecule has 0 amide bonds. The van der Waals surface area contributed by atoms with Crippen LogP contribution in [0.2, 0.25) is 0 Å². The van der Waals surface area contributed by atoms with Crippen molar-refractivity contribution in [3.63, 3.8) is 0 Å². The molecule has 0 unspecified atom stereocenters. The molecule has 0 N–H and O–H groups in total. The summed E-state index contributed by atoms with van der Waals surface area (Å²) in [5, 5.41) is 15.0. The van der Waals surface area contributed by atoms with Crippen LogP contribution < -0.4 is 19.3 Å². The lowest BCUT2D eigenvalue weighted by atomic mass is 9.87. The van der Waals surface area contributed by atoms with Crippen molar-refractivity contribution in [3.05, 3.63) is 230 Å². The van der Waals surface area contributed by atoms with Crippen LogP contribution in [0.1, 0.15) is 25.0 Å². The maximum atomic E-state index is 5.92. The van der Waals surface area contributed by atoms with Crippen LogP contribution in [0.25, 0.3) is 86.9 Å². The number of aryl methyl sites for hydroxylation is 2. The van der Waals surface area contributed by atoms with Crippen molar-refractivity contribution in [1.29, 1.82) is 0 Å². The van der Waals surface area contributed by atoms with E-state index in [1.54, 1.807) is 0 Å². The Morgan fingerprint density at radius 3 is 0.958 bits per heavy atom. The van der Waals surface area contributed by atoms with E-state index in [9.17, 15) is 0 Å². The molecule has 0 aliphatic rings. The van der Waals surface area contributed by atoms with Crippen LogP contribution >= 0.6 is 0 Å². The smallest absolute Gasteiger partial charge is 0.119 e. The van der Waals surface area contributed by atoms with E-state index in [-0.39, 0.29) is 0 Å². The lowest BCUT2D eigenvalue weighted by Gasteiger charge is -2.27. The van der Waals surface area contributed by atoms with E-state index >= 15 is 0 Å². The standard InChI is InChI=1S/C68H52N2O2/c1-5-71-51-35-31-49(32-36-51)69(47-27-23-43(3)24-28-47)59-41-39-57-63-53(59)19-13-21-55(63)65-61(45-15-9-7-10-16-45)66-56-22-14-20-54-60(42-40-58(64(54)56)68(66)62(67(57)65)46-17-11-8-12-18-46)70(48-29-25-44(4)26-30-48)50-33-37-52(38-34-50)72-6-2/h7-42H,5-6H2,1-4H3. The summed E-state index contributed by atoms with van der Waals surface area (Å²) < 4.78 is 11.8. The van der Waals surface area contributed by atoms with Crippen molar-refractivity contribution < 1.29 is 9.47 Å². The third-order valence-corrected chi connectivity index (χ3v) is 14.6. The molecule has 0 aliphatic heterocycles. The molecule has 13 aromatic carbocycles. The minimum absolute atomic E-state index is 0.620. The summed E-state index contributed by atoms with van der Waals surface area (Å²) in [7, 11) is 0. The predicted molar refractivity (Wildman–Crippen MR) is 306 cm³/mol. The van der Waals surface area contributed by atoms with Crippen LogP contribution in [-0.4, -0.2) is 13.2 Å². The van der Waals surface area contributed by atoms with Gasteiger partial charge >= 0.3 is 0 Å². The van der Waals surface area contributed by atoms with Gasteiger partial charge in [0.05, 0.1) is 24.6 Å². The number of anilines is 6. The molecule has 0 atom stereocenters. The monoisotopic (exact) mass is 928 g/mol. The van der Waals surface area contributed by atoms with Crippen LogP contribution in [0.5, 0.6) is 11.5 Å². The zero-order valence-corrected chi connectivity index (χ0v) is 40.9. The molecule has 0 heterocycles. The van der Waals surface area contributed by atoms with Crippen LogP contribution in [0, 0.1) is 13.8 Å². The van der Waals surface area contributed by atoms with Crippen LogP contribution in [0.15, 0.2) is 218 Å². The second-order valence-corrected chi connectivity index (χ2v) is 18.9. The highest BCUT2D eigenvalue weighted by molar-refractivity contribution is 6.47. The SMILES string of the molecule is CCOc1ccc(N(c2ccc(C)cc2)c2ccc3c4c(-c5ccccc5)c5c6ccc(N(c7ccc(C)cc7)c7ccc(OCC)cc7)c7cccc(c5c(-c5ccccc5)c4c4cccc2c43)c76)cc1. The van der Waals surface area contributed by atoms with Crippen molar-refractivity contribution >= 4 is 98.8 Å². The topological polar surface area (TPSA) is 24.9 Å². The summed E-state index contributed by atoms with van der Waals surface area (Å²) >= 11 is 0. The van der Waals surface area contributed by atoms with Crippen molar-refractivity contribution in [3.8, 4) is 33.8 Å². The van der Waals surface area contributed by atoms with Gasteiger partial charge in [-0.15, -0.1) is 0 Å². The first-order valence-electron chi connectivity index (χ1n) is 25.2. The van der Waals surface area contributed by atoms with Gasteiger partial charge in [0, 0.05) is 33.5 Å². The number of rotatable bonds is 12. The van der Waals surface area contributed by atoms with Crippen molar-refractivity contribution in [1.82, 2.24) is 0 Å². The number of benzene rings is 11. The highest BCUT2D eigenvalue weighted by Gasteiger charge is 2.30. The Labute approximate surface area is 420 Å². The molecule has 0 spiro atoms. The van der Waals surface area contributed by atoms with Gasteiger partial charge in [0.15, 0.2) is 0 Å². The largest absolute Gasteiger partial charge is 0.494 e. The summed E-state index contributed by atoms with van der Waals surface area (Å²) in [4.78, 5) is 4.80. The van der Waals surface area contributed by atoms with E-state index in [1.807, 2.05) is 13.8 Å².